The molecule has 0 saturated heterocycles. The minimum atomic E-state index is -0.701. The minimum absolute atomic E-state index is 0.0306. The van der Waals surface area contributed by atoms with Crippen molar-refractivity contribution in [1.29, 1.82) is 0 Å². The van der Waals surface area contributed by atoms with Crippen molar-refractivity contribution in [1.82, 2.24) is 10.6 Å². The molecule has 1 unspecified atom stereocenters. The van der Waals surface area contributed by atoms with Gasteiger partial charge in [0.2, 0.25) is 0 Å². The second-order valence-corrected chi connectivity index (χ2v) is 4.29. The standard InChI is InChI=1S/C12H22N2O2/c1-4-12(2,16-3)11(15)14-9-10-5-7-13-8-6-10/h5,13H,4,6-9H2,1-3H3,(H,14,15). The average Bonchev–Trinajstić information content (AvgIpc) is 2.36. The Labute approximate surface area is 97.4 Å². The van der Waals surface area contributed by atoms with Gasteiger partial charge in [0.15, 0.2) is 0 Å². The van der Waals surface area contributed by atoms with Crippen LogP contribution in [0.3, 0.4) is 0 Å². The minimum Gasteiger partial charge on any atom is -0.369 e. The summed E-state index contributed by atoms with van der Waals surface area (Å²) < 4.78 is 5.24. The van der Waals surface area contributed by atoms with Crippen LogP contribution < -0.4 is 10.6 Å². The van der Waals surface area contributed by atoms with Gasteiger partial charge in [-0.25, -0.2) is 0 Å². The lowest BCUT2D eigenvalue weighted by Gasteiger charge is -2.26. The van der Waals surface area contributed by atoms with Crippen molar-refractivity contribution in [3.63, 3.8) is 0 Å². The first-order valence-corrected chi connectivity index (χ1v) is 5.84. The van der Waals surface area contributed by atoms with Gasteiger partial charge in [0, 0.05) is 20.2 Å². The van der Waals surface area contributed by atoms with Crippen LogP contribution in [0, 0.1) is 0 Å². The Morgan fingerprint density at radius 2 is 2.44 bits per heavy atom. The van der Waals surface area contributed by atoms with Gasteiger partial charge in [0.05, 0.1) is 0 Å². The second-order valence-electron chi connectivity index (χ2n) is 4.29. The zero-order valence-electron chi connectivity index (χ0n) is 10.4. The molecule has 92 valence electrons. The second kappa shape index (κ2) is 6.01. The molecule has 4 nitrogen and oxygen atoms in total. The largest absolute Gasteiger partial charge is 0.369 e. The fourth-order valence-electron chi connectivity index (χ4n) is 1.61. The van der Waals surface area contributed by atoms with Gasteiger partial charge in [0.25, 0.3) is 5.91 Å². The number of carbonyl (C=O) groups is 1. The fourth-order valence-corrected chi connectivity index (χ4v) is 1.61. The molecule has 0 spiro atoms. The summed E-state index contributed by atoms with van der Waals surface area (Å²) in [5.41, 5.74) is 0.592. The van der Waals surface area contributed by atoms with Crippen molar-refractivity contribution in [2.75, 3.05) is 26.7 Å². The molecule has 4 heteroatoms. The summed E-state index contributed by atoms with van der Waals surface area (Å²) in [5, 5.41) is 6.18. The zero-order valence-corrected chi connectivity index (χ0v) is 10.4. The van der Waals surface area contributed by atoms with Gasteiger partial charge in [0.1, 0.15) is 5.60 Å². The van der Waals surface area contributed by atoms with Crippen LogP contribution in [0.4, 0.5) is 0 Å². The monoisotopic (exact) mass is 226 g/mol. The highest BCUT2D eigenvalue weighted by Gasteiger charge is 2.30. The van der Waals surface area contributed by atoms with E-state index >= 15 is 0 Å². The van der Waals surface area contributed by atoms with E-state index in [0.29, 0.717) is 13.0 Å². The molecule has 0 aromatic carbocycles. The van der Waals surface area contributed by atoms with Crippen LogP contribution in [0.2, 0.25) is 0 Å². The van der Waals surface area contributed by atoms with E-state index in [1.165, 1.54) is 5.57 Å². The maximum Gasteiger partial charge on any atom is 0.252 e. The van der Waals surface area contributed by atoms with Crippen molar-refractivity contribution in [2.24, 2.45) is 0 Å². The van der Waals surface area contributed by atoms with E-state index in [4.69, 9.17) is 4.74 Å². The molecular weight excluding hydrogens is 204 g/mol. The lowest BCUT2D eigenvalue weighted by Crippen LogP contribution is -2.46. The molecule has 1 aliphatic heterocycles. The first-order chi connectivity index (χ1) is 7.62. The number of nitrogens with one attached hydrogen (secondary N) is 2. The van der Waals surface area contributed by atoms with Gasteiger partial charge in [-0.2, -0.15) is 0 Å². The van der Waals surface area contributed by atoms with Crippen LogP contribution in [-0.4, -0.2) is 38.3 Å². The van der Waals surface area contributed by atoms with Crippen LogP contribution in [0.15, 0.2) is 11.6 Å². The van der Waals surface area contributed by atoms with Crippen molar-refractivity contribution >= 4 is 5.91 Å². The lowest BCUT2D eigenvalue weighted by atomic mass is 10.0. The Morgan fingerprint density at radius 1 is 1.69 bits per heavy atom. The number of hydrogen-bond donors (Lipinski definition) is 2. The Balaban J connectivity index is 2.42. The van der Waals surface area contributed by atoms with Gasteiger partial charge in [-0.1, -0.05) is 18.6 Å². The first kappa shape index (κ1) is 13.2. The number of hydrogen-bond acceptors (Lipinski definition) is 3. The van der Waals surface area contributed by atoms with Crippen LogP contribution in [0.1, 0.15) is 26.7 Å². The highest BCUT2D eigenvalue weighted by atomic mass is 16.5. The van der Waals surface area contributed by atoms with Crippen molar-refractivity contribution in [3.05, 3.63) is 11.6 Å². The van der Waals surface area contributed by atoms with Crippen LogP contribution in [-0.2, 0) is 9.53 Å². The Bertz CT molecular complexity index is 270. The number of carbonyl (C=O) groups excluding carboxylic acids is 1. The predicted octanol–water partition coefficient (Wildman–Crippen LogP) is 0.837. The van der Waals surface area contributed by atoms with Gasteiger partial charge in [-0.05, 0) is 26.3 Å². The third-order valence-corrected chi connectivity index (χ3v) is 3.24. The first-order valence-electron chi connectivity index (χ1n) is 5.84. The topological polar surface area (TPSA) is 50.4 Å². The van der Waals surface area contributed by atoms with Crippen LogP contribution in [0.25, 0.3) is 0 Å². The molecule has 0 saturated carbocycles. The van der Waals surface area contributed by atoms with Crippen molar-refractivity contribution in [2.45, 2.75) is 32.3 Å². The van der Waals surface area contributed by atoms with Gasteiger partial charge in [-0.15, -0.1) is 0 Å². The molecule has 0 fully saturated rings. The molecule has 1 atom stereocenters. The van der Waals surface area contributed by atoms with Gasteiger partial charge in [-0.3, -0.25) is 4.79 Å². The third-order valence-electron chi connectivity index (χ3n) is 3.24. The molecule has 1 rings (SSSR count). The molecule has 2 N–H and O–H groups in total. The number of methoxy groups -OCH3 is 1. The normalized spacial score (nSPS) is 19.8. The summed E-state index contributed by atoms with van der Waals surface area (Å²) in [5.74, 6) is -0.0306. The van der Waals surface area contributed by atoms with Gasteiger partial charge < -0.3 is 15.4 Å². The molecule has 1 aliphatic rings. The summed E-state index contributed by atoms with van der Waals surface area (Å²) in [4.78, 5) is 11.9. The summed E-state index contributed by atoms with van der Waals surface area (Å²) in [6.07, 6.45) is 3.83. The van der Waals surface area contributed by atoms with Gasteiger partial charge >= 0.3 is 0 Å². The van der Waals surface area contributed by atoms with E-state index in [1.807, 2.05) is 13.8 Å². The van der Waals surface area contributed by atoms with Crippen LogP contribution >= 0.6 is 0 Å². The van der Waals surface area contributed by atoms with Crippen molar-refractivity contribution < 1.29 is 9.53 Å². The zero-order chi connectivity index (χ0) is 12.0. The number of amides is 1. The van der Waals surface area contributed by atoms with E-state index in [-0.39, 0.29) is 5.91 Å². The fraction of sp³-hybridized carbons (Fsp3) is 0.750. The third kappa shape index (κ3) is 3.32. The summed E-state index contributed by atoms with van der Waals surface area (Å²) in [6.45, 7) is 6.31. The smallest absolute Gasteiger partial charge is 0.252 e. The lowest BCUT2D eigenvalue weighted by molar-refractivity contribution is -0.141. The van der Waals surface area contributed by atoms with E-state index in [1.54, 1.807) is 7.11 Å². The molecule has 0 radical (unpaired) electrons. The van der Waals surface area contributed by atoms with E-state index in [9.17, 15) is 4.79 Å². The van der Waals surface area contributed by atoms with Crippen molar-refractivity contribution in [3.8, 4) is 0 Å². The molecule has 0 bridgehead atoms. The highest BCUT2D eigenvalue weighted by Crippen LogP contribution is 2.14. The Morgan fingerprint density at radius 3 is 2.94 bits per heavy atom. The van der Waals surface area contributed by atoms with E-state index in [0.717, 1.165) is 19.5 Å². The van der Waals surface area contributed by atoms with Crippen LogP contribution in [0.5, 0.6) is 0 Å². The molecule has 0 aliphatic carbocycles. The Hall–Kier alpha value is -0.870. The summed E-state index contributed by atoms with van der Waals surface area (Å²) >= 11 is 0. The highest BCUT2D eigenvalue weighted by molar-refractivity contribution is 5.84. The predicted molar refractivity (Wildman–Crippen MR) is 64.3 cm³/mol. The molecule has 0 aromatic rings. The molecule has 1 amide bonds. The number of rotatable bonds is 5. The average molecular weight is 226 g/mol. The van der Waals surface area contributed by atoms with E-state index in [2.05, 4.69) is 16.7 Å². The Kier molecular flexibility index (Phi) is 4.96. The molecule has 0 aromatic heterocycles. The summed E-state index contributed by atoms with van der Waals surface area (Å²) in [6, 6.07) is 0. The SMILES string of the molecule is CCC(C)(OC)C(=O)NCC1=CCNCC1. The summed E-state index contributed by atoms with van der Waals surface area (Å²) in [7, 11) is 1.58. The maximum absolute atomic E-state index is 11.9. The maximum atomic E-state index is 11.9. The number of ether oxygens (including phenoxy) is 1. The molecule has 16 heavy (non-hydrogen) atoms. The molecular formula is C12H22N2O2. The quantitative estimate of drug-likeness (QED) is 0.683. The van der Waals surface area contributed by atoms with E-state index < -0.39 is 5.60 Å². The molecule has 1 heterocycles.